The molecule has 0 saturated carbocycles. The van der Waals surface area contributed by atoms with Crippen molar-refractivity contribution in [1.82, 2.24) is 9.78 Å². The standard InChI is InChI=1S/C22H23N3O3S/c1-13-5-6-20(14(2)7-13)25-21(18-11-29-12-19(18)24-25)23-22(26)15-8-16(27-3)10-17(9-15)28-4/h5-10H,11-12H2,1-4H3,(H,23,26). The van der Waals surface area contributed by atoms with Crippen LogP contribution >= 0.6 is 11.8 Å². The molecule has 0 atom stereocenters. The Hall–Kier alpha value is -2.93. The van der Waals surface area contributed by atoms with E-state index in [0.717, 1.165) is 39.8 Å². The number of aromatic nitrogens is 2. The van der Waals surface area contributed by atoms with Crippen molar-refractivity contribution in [1.29, 1.82) is 0 Å². The van der Waals surface area contributed by atoms with Crippen LogP contribution < -0.4 is 14.8 Å². The second kappa shape index (κ2) is 7.83. The molecule has 3 aromatic rings. The van der Waals surface area contributed by atoms with Crippen LogP contribution in [0.1, 0.15) is 32.7 Å². The van der Waals surface area contributed by atoms with Gasteiger partial charge in [0.15, 0.2) is 0 Å². The van der Waals surface area contributed by atoms with Crippen LogP contribution in [0.4, 0.5) is 5.82 Å². The Kier molecular flexibility index (Phi) is 5.24. The Morgan fingerprint density at radius 1 is 1.07 bits per heavy atom. The van der Waals surface area contributed by atoms with Crippen molar-refractivity contribution in [2.45, 2.75) is 25.4 Å². The molecule has 4 rings (SSSR count). The molecule has 1 aliphatic heterocycles. The molecule has 29 heavy (non-hydrogen) atoms. The van der Waals surface area contributed by atoms with E-state index in [0.29, 0.717) is 17.1 Å². The molecule has 0 aliphatic carbocycles. The van der Waals surface area contributed by atoms with E-state index in [4.69, 9.17) is 14.6 Å². The maximum atomic E-state index is 13.1. The van der Waals surface area contributed by atoms with Gasteiger partial charge in [-0.2, -0.15) is 16.9 Å². The van der Waals surface area contributed by atoms with Crippen LogP contribution in [-0.2, 0) is 11.5 Å². The van der Waals surface area contributed by atoms with Crippen LogP contribution in [0.2, 0.25) is 0 Å². The number of carbonyl (C=O) groups is 1. The quantitative estimate of drug-likeness (QED) is 0.672. The Morgan fingerprint density at radius 2 is 1.79 bits per heavy atom. The van der Waals surface area contributed by atoms with E-state index >= 15 is 0 Å². The number of amides is 1. The summed E-state index contributed by atoms with van der Waals surface area (Å²) < 4.78 is 12.4. The topological polar surface area (TPSA) is 65.4 Å². The van der Waals surface area contributed by atoms with Crippen molar-refractivity contribution in [2.75, 3.05) is 19.5 Å². The number of hydrogen-bond donors (Lipinski definition) is 1. The zero-order valence-electron chi connectivity index (χ0n) is 16.9. The first-order chi connectivity index (χ1) is 14.0. The van der Waals surface area contributed by atoms with Gasteiger partial charge in [-0.3, -0.25) is 4.79 Å². The van der Waals surface area contributed by atoms with Crippen molar-refractivity contribution in [3.05, 3.63) is 64.3 Å². The average molecular weight is 410 g/mol. The molecule has 0 saturated heterocycles. The summed E-state index contributed by atoms with van der Waals surface area (Å²) >= 11 is 1.80. The molecule has 0 bridgehead atoms. The lowest BCUT2D eigenvalue weighted by Gasteiger charge is -2.14. The van der Waals surface area contributed by atoms with E-state index in [1.165, 1.54) is 5.56 Å². The molecule has 0 spiro atoms. The van der Waals surface area contributed by atoms with E-state index in [9.17, 15) is 4.79 Å². The first-order valence-electron chi connectivity index (χ1n) is 9.30. The minimum absolute atomic E-state index is 0.229. The SMILES string of the molecule is COc1cc(OC)cc(C(=O)Nc2c3c(nn2-c2ccc(C)cc2C)CSC3)c1. The van der Waals surface area contributed by atoms with Gasteiger partial charge in [0.05, 0.1) is 25.6 Å². The lowest BCUT2D eigenvalue weighted by atomic mass is 10.1. The van der Waals surface area contributed by atoms with E-state index in [1.807, 2.05) is 10.7 Å². The summed E-state index contributed by atoms with van der Waals surface area (Å²) in [5, 5.41) is 7.88. The van der Waals surface area contributed by atoms with Crippen LogP contribution in [0.3, 0.4) is 0 Å². The van der Waals surface area contributed by atoms with E-state index in [2.05, 4.69) is 31.3 Å². The zero-order valence-corrected chi connectivity index (χ0v) is 17.7. The summed E-state index contributed by atoms with van der Waals surface area (Å²) in [4.78, 5) is 13.1. The van der Waals surface area contributed by atoms with Gasteiger partial charge < -0.3 is 14.8 Å². The van der Waals surface area contributed by atoms with Crippen molar-refractivity contribution in [3.8, 4) is 17.2 Å². The second-order valence-electron chi connectivity index (χ2n) is 7.02. The lowest BCUT2D eigenvalue weighted by molar-refractivity contribution is 0.102. The van der Waals surface area contributed by atoms with Crippen molar-refractivity contribution < 1.29 is 14.3 Å². The van der Waals surface area contributed by atoms with Gasteiger partial charge in [0.2, 0.25) is 0 Å². The van der Waals surface area contributed by atoms with Gasteiger partial charge in [-0.05, 0) is 37.6 Å². The number of ether oxygens (including phenoxy) is 2. The Bertz CT molecular complexity index is 1070. The summed E-state index contributed by atoms with van der Waals surface area (Å²) in [7, 11) is 3.13. The summed E-state index contributed by atoms with van der Waals surface area (Å²) in [5.74, 6) is 3.31. The number of aryl methyl sites for hydroxylation is 2. The molecule has 150 valence electrons. The fourth-order valence-electron chi connectivity index (χ4n) is 3.48. The van der Waals surface area contributed by atoms with Crippen LogP contribution in [0.5, 0.6) is 11.5 Å². The number of fused-ring (bicyclic) bond motifs is 1. The molecule has 7 heteroatoms. The molecule has 0 unspecified atom stereocenters. The maximum Gasteiger partial charge on any atom is 0.257 e. The third-order valence-corrected chi connectivity index (χ3v) is 5.95. The van der Waals surface area contributed by atoms with Gasteiger partial charge in [0.1, 0.15) is 17.3 Å². The molecule has 2 aromatic carbocycles. The summed E-state index contributed by atoms with van der Waals surface area (Å²) in [5.41, 5.74) is 5.84. The van der Waals surface area contributed by atoms with Crippen LogP contribution in [0.25, 0.3) is 5.69 Å². The smallest absolute Gasteiger partial charge is 0.257 e. The third-order valence-electron chi connectivity index (χ3n) is 4.98. The minimum Gasteiger partial charge on any atom is -0.497 e. The molecule has 1 aromatic heterocycles. The first-order valence-corrected chi connectivity index (χ1v) is 10.5. The maximum absolute atomic E-state index is 13.1. The molecule has 0 radical (unpaired) electrons. The summed E-state index contributed by atoms with van der Waals surface area (Å²) in [6.45, 7) is 4.12. The van der Waals surface area contributed by atoms with Crippen LogP contribution in [0.15, 0.2) is 36.4 Å². The number of hydrogen-bond acceptors (Lipinski definition) is 5. The largest absolute Gasteiger partial charge is 0.497 e. The summed E-state index contributed by atoms with van der Waals surface area (Å²) in [6.07, 6.45) is 0. The monoisotopic (exact) mass is 409 g/mol. The van der Waals surface area contributed by atoms with E-state index < -0.39 is 0 Å². The Balaban J connectivity index is 1.75. The Morgan fingerprint density at radius 3 is 2.45 bits per heavy atom. The van der Waals surface area contributed by atoms with Crippen molar-refractivity contribution in [2.24, 2.45) is 0 Å². The lowest BCUT2D eigenvalue weighted by Crippen LogP contribution is -2.17. The van der Waals surface area contributed by atoms with Gasteiger partial charge in [-0.1, -0.05) is 17.7 Å². The number of rotatable bonds is 5. The molecule has 1 amide bonds. The molecule has 2 heterocycles. The number of nitrogens with zero attached hydrogens (tertiary/aromatic N) is 2. The highest BCUT2D eigenvalue weighted by molar-refractivity contribution is 7.98. The fraction of sp³-hybridized carbons (Fsp3) is 0.273. The predicted molar refractivity (Wildman–Crippen MR) is 116 cm³/mol. The molecule has 6 nitrogen and oxygen atoms in total. The highest BCUT2D eigenvalue weighted by Crippen LogP contribution is 2.37. The highest BCUT2D eigenvalue weighted by Gasteiger charge is 2.26. The van der Waals surface area contributed by atoms with Gasteiger partial charge in [0.25, 0.3) is 5.91 Å². The van der Waals surface area contributed by atoms with Gasteiger partial charge >= 0.3 is 0 Å². The normalized spacial score (nSPS) is 12.6. The van der Waals surface area contributed by atoms with E-state index in [1.54, 1.807) is 44.2 Å². The number of thioether (sulfide) groups is 1. The highest BCUT2D eigenvalue weighted by atomic mass is 32.2. The number of methoxy groups -OCH3 is 2. The fourth-order valence-corrected chi connectivity index (χ4v) is 4.51. The van der Waals surface area contributed by atoms with Gasteiger partial charge in [-0.15, -0.1) is 0 Å². The van der Waals surface area contributed by atoms with E-state index in [-0.39, 0.29) is 5.91 Å². The summed E-state index contributed by atoms with van der Waals surface area (Å²) in [6, 6.07) is 11.4. The molecule has 1 aliphatic rings. The number of benzene rings is 2. The van der Waals surface area contributed by atoms with Crippen molar-refractivity contribution in [3.63, 3.8) is 0 Å². The first kappa shape index (κ1) is 19.4. The number of nitrogens with one attached hydrogen (secondary N) is 1. The van der Waals surface area contributed by atoms with Crippen LogP contribution in [-0.4, -0.2) is 29.9 Å². The molecular weight excluding hydrogens is 386 g/mol. The minimum atomic E-state index is -0.229. The third kappa shape index (κ3) is 3.70. The van der Waals surface area contributed by atoms with Gasteiger partial charge in [-0.25, -0.2) is 4.68 Å². The average Bonchev–Trinajstić information content (AvgIpc) is 3.30. The molecular formula is C22H23N3O3S. The van der Waals surface area contributed by atoms with Gasteiger partial charge in [0, 0.05) is 28.7 Å². The second-order valence-corrected chi connectivity index (χ2v) is 8.01. The van der Waals surface area contributed by atoms with Crippen molar-refractivity contribution >= 4 is 23.5 Å². The molecule has 0 fully saturated rings. The number of carbonyl (C=O) groups excluding carboxylic acids is 1. The molecule has 1 N–H and O–H groups in total. The number of anilines is 1. The predicted octanol–water partition coefficient (Wildman–Crippen LogP) is 4.51. The van der Waals surface area contributed by atoms with Crippen LogP contribution in [0, 0.1) is 13.8 Å². The zero-order chi connectivity index (χ0) is 20.5. The Labute approximate surface area is 174 Å².